The molecule has 1 amide bonds. The normalized spacial score (nSPS) is 15.9. The van der Waals surface area contributed by atoms with E-state index in [9.17, 15) is 17.6 Å². The number of halogens is 1. The fourth-order valence-electron chi connectivity index (χ4n) is 3.12. The van der Waals surface area contributed by atoms with Gasteiger partial charge in [-0.05, 0) is 23.8 Å². The van der Waals surface area contributed by atoms with Crippen LogP contribution >= 0.6 is 0 Å². The van der Waals surface area contributed by atoms with Gasteiger partial charge in [-0.25, -0.2) is 19.4 Å². The predicted molar refractivity (Wildman–Crippen MR) is 110 cm³/mol. The molecule has 30 heavy (non-hydrogen) atoms. The second kappa shape index (κ2) is 9.43. The van der Waals surface area contributed by atoms with Crippen molar-refractivity contribution in [3.05, 3.63) is 48.3 Å². The molecule has 1 saturated heterocycles. The summed E-state index contributed by atoms with van der Waals surface area (Å²) in [6.07, 6.45) is 4.88. The lowest BCUT2D eigenvalue weighted by molar-refractivity contribution is -0.107. The van der Waals surface area contributed by atoms with E-state index in [0.29, 0.717) is 56.1 Å². The number of amides is 1. The van der Waals surface area contributed by atoms with Gasteiger partial charge in [0.25, 0.3) is 10.2 Å². The van der Waals surface area contributed by atoms with Crippen LogP contribution in [0, 0.1) is 5.82 Å². The third kappa shape index (κ3) is 5.27. The first-order valence-corrected chi connectivity index (χ1v) is 10.6. The van der Waals surface area contributed by atoms with Gasteiger partial charge >= 0.3 is 0 Å². The summed E-state index contributed by atoms with van der Waals surface area (Å²) < 4.78 is 41.3. The summed E-state index contributed by atoms with van der Waals surface area (Å²) in [6.45, 7) is 2.20. The van der Waals surface area contributed by atoms with Crippen LogP contribution in [0.15, 0.2) is 36.9 Å². The van der Waals surface area contributed by atoms with E-state index in [1.807, 2.05) is 4.90 Å². The van der Waals surface area contributed by atoms with E-state index < -0.39 is 16.0 Å². The van der Waals surface area contributed by atoms with Crippen molar-refractivity contribution >= 4 is 28.0 Å². The Labute approximate surface area is 175 Å². The number of nitrogens with zero attached hydrogens (tertiary/aromatic N) is 6. The fourth-order valence-corrected chi connectivity index (χ4v) is 4.21. The lowest BCUT2D eigenvalue weighted by Crippen LogP contribution is -2.51. The van der Waals surface area contributed by atoms with Crippen LogP contribution in [0.2, 0.25) is 0 Å². The quantitative estimate of drug-likeness (QED) is 0.475. The van der Waals surface area contributed by atoms with E-state index in [0.717, 1.165) is 5.01 Å². The van der Waals surface area contributed by atoms with E-state index in [1.54, 1.807) is 6.07 Å². The lowest BCUT2D eigenvalue weighted by atomic mass is 10.1. The van der Waals surface area contributed by atoms with E-state index in [2.05, 4.69) is 15.4 Å². The van der Waals surface area contributed by atoms with Crippen molar-refractivity contribution < 1.29 is 17.6 Å². The highest BCUT2D eigenvalue weighted by Gasteiger charge is 2.28. The minimum Gasteiger partial charge on any atom is -0.296 e. The zero-order valence-electron chi connectivity index (χ0n) is 16.8. The zero-order valence-corrected chi connectivity index (χ0v) is 17.6. The van der Waals surface area contributed by atoms with Gasteiger partial charge < -0.3 is 0 Å². The molecule has 1 aromatic heterocycles. The molecule has 0 saturated carbocycles. The Balaban J connectivity index is 1.68. The largest absolute Gasteiger partial charge is 0.296 e. The van der Waals surface area contributed by atoms with Crippen molar-refractivity contribution in [2.45, 2.75) is 6.54 Å². The smallest absolute Gasteiger partial charge is 0.281 e. The van der Waals surface area contributed by atoms with Crippen LogP contribution in [0.3, 0.4) is 0 Å². The molecule has 0 spiro atoms. The summed E-state index contributed by atoms with van der Waals surface area (Å²) in [7, 11) is -0.429. The van der Waals surface area contributed by atoms with E-state index in [-0.39, 0.29) is 0 Å². The van der Waals surface area contributed by atoms with E-state index in [1.165, 1.54) is 53.6 Å². The molecular weight excluding hydrogens is 413 g/mol. The first-order valence-electron chi connectivity index (χ1n) is 9.25. The van der Waals surface area contributed by atoms with Gasteiger partial charge in [-0.1, -0.05) is 0 Å². The number of anilines is 2. The molecule has 0 radical (unpaired) electrons. The molecular formula is C18H24FN7O3S. The van der Waals surface area contributed by atoms with Gasteiger partial charge in [0.05, 0.1) is 23.8 Å². The molecule has 12 heteroatoms. The topological polar surface area (TPSA) is 102 Å². The molecule has 10 nitrogen and oxygen atoms in total. The maximum Gasteiger partial charge on any atom is 0.281 e. The highest BCUT2D eigenvalue weighted by Crippen LogP contribution is 2.21. The molecule has 0 atom stereocenters. The van der Waals surface area contributed by atoms with Crippen LogP contribution in [0.1, 0.15) is 5.56 Å². The summed E-state index contributed by atoms with van der Waals surface area (Å²) in [5.74, 6) is -0.478. The highest BCUT2D eigenvalue weighted by molar-refractivity contribution is 7.86. The molecule has 0 unspecified atom stereocenters. The number of nitrogens with one attached hydrogen (secondary N) is 1. The van der Waals surface area contributed by atoms with Crippen molar-refractivity contribution in [2.75, 3.05) is 50.7 Å². The number of carbonyl (C=O) groups excluding carboxylic acids is 1. The molecule has 2 heterocycles. The number of carbonyl (C=O) groups is 1. The van der Waals surface area contributed by atoms with Crippen molar-refractivity contribution in [1.29, 1.82) is 0 Å². The van der Waals surface area contributed by atoms with Crippen LogP contribution in [0.5, 0.6) is 0 Å². The number of hydrogen-bond acceptors (Lipinski definition) is 7. The van der Waals surface area contributed by atoms with Gasteiger partial charge in [-0.3, -0.25) is 15.1 Å². The van der Waals surface area contributed by atoms with E-state index >= 15 is 0 Å². The van der Waals surface area contributed by atoms with E-state index in [4.69, 9.17) is 0 Å². The first kappa shape index (κ1) is 22.0. The number of benzene rings is 1. The third-order valence-corrected chi connectivity index (χ3v) is 6.60. The Bertz CT molecular complexity index is 967. The molecule has 1 fully saturated rings. The standard InChI is InChI=1S/C18H24FN7O3S/c1-23(2)30(28,29)25-5-3-24(4-6-25)12-15-7-16(19)9-18(8-15)26(14-27)22-17-10-20-13-21-11-17/h7-11,13-14,22H,3-6,12H2,1-2H3. The van der Waals surface area contributed by atoms with Gasteiger partial charge in [-0.2, -0.15) is 17.0 Å². The average Bonchev–Trinajstić information content (AvgIpc) is 2.72. The Morgan fingerprint density at radius 1 is 1.13 bits per heavy atom. The molecule has 0 bridgehead atoms. The van der Waals surface area contributed by atoms with Crippen molar-refractivity contribution in [3.8, 4) is 0 Å². The van der Waals surface area contributed by atoms with Gasteiger partial charge in [0.2, 0.25) is 6.41 Å². The maximum absolute atomic E-state index is 14.2. The molecule has 1 aliphatic heterocycles. The first-order chi connectivity index (χ1) is 14.3. The summed E-state index contributed by atoms with van der Waals surface area (Å²) in [5, 5.41) is 1.15. The molecule has 162 valence electrons. The van der Waals surface area contributed by atoms with Crippen LogP contribution in [0.4, 0.5) is 15.8 Å². The Hall–Kier alpha value is -2.67. The highest BCUT2D eigenvalue weighted by atomic mass is 32.2. The minimum atomic E-state index is -3.44. The molecule has 0 aliphatic carbocycles. The summed E-state index contributed by atoms with van der Waals surface area (Å²) in [6, 6.07) is 4.36. The Morgan fingerprint density at radius 2 is 1.80 bits per heavy atom. The number of rotatable bonds is 8. The summed E-state index contributed by atoms with van der Waals surface area (Å²) >= 11 is 0. The summed E-state index contributed by atoms with van der Waals surface area (Å²) in [5.41, 5.74) is 4.30. The van der Waals surface area contributed by atoms with Gasteiger partial charge in [0.1, 0.15) is 12.1 Å². The van der Waals surface area contributed by atoms with Crippen LogP contribution in [-0.2, 0) is 21.5 Å². The van der Waals surface area contributed by atoms with Crippen LogP contribution in [-0.4, -0.2) is 78.6 Å². The SMILES string of the molecule is CN(C)S(=O)(=O)N1CCN(Cc2cc(F)cc(N(C=O)Nc3cncnc3)c2)CC1. The van der Waals surface area contributed by atoms with Gasteiger partial charge in [-0.15, -0.1) is 0 Å². The van der Waals surface area contributed by atoms with Crippen LogP contribution < -0.4 is 10.4 Å². The molecule has 1 aliphatic rings. The fraction of sp³-hybridized carbons (Fsp3) is 0.389. The van der Waals surface area contributed by atoms with Crippen LogP contribution in [0.25, 0.3) is 0 Å². The maximum atomic E-state index is 14.2. The molecule has 1 aromatic carbocycles. The van der Waals surface area contributed by atoms with Gasteiger partial charge in [0, 0.05) is 46.8 Å². The van der Waals surface area contributed by atoms with Crippen molar-refractivity contribution in [1.82, 2.24) is 23.5 Å². The van der Waals surface area contributed by atoms with Crippen molar-refractivity contribution in [3.63, 3.8) is 0 Å². The second-order valence-electron chi connectivity index (χ2n) is 7.00. The molecule has 1 N–H and O–H groups in total. The Kier molecular flexibility index (Phi) is 6.92. The van der Waals surface area contributed by atoms with Crippen molar-refractivity contribution in [2.24, 2.45) is 0 Å². The minimum absolute atomic E-state index is 0.331. The zero-order chi connectivity index (χ0) is 21.7. The molecule has 3 rings (SSSR count). The third-order valence-electron chi connectivity index (χ3n) is 4.66. The number of hydrogen-bond donors (Lipinski definition) is 1. The van der Waals surface area contributed by atoms with Gasteiger partial charge in [0.15, 0.2) is 0 Å². The number of piperazine rings is 1. The Morgan fingerprint density at radius 3 is 2.40 bits per heavy atom. The molecule has 2 aromatic rings. The average molecular weight is 438 g/mol. The number of aromatic nitrogens is 2. The second-order valence-corrected chi connectivity index (χ2v) is 9.14. The lowest BCUT2D eigenvalue weighted by Gasteiger charge is -2.35. The monoisotopic (exact) mass is 437 g/mol. The number of hydrazine groups is 1. The predicted octanol–water partition coefficient (Wildman–Crippen LogP) is 0.530. The summed E-state index contributed by atoms with van der Waals surface area (Å²) in [4.78, 5) is 21.3.